The van der Waals surface area contributed by atoms with Crippen LogP contribution in [-0.2, 0) is 4.79 Å². The molecule has 0 aromatic heterocycles. The smallest absolute Gasteiger partial charge is 0.258 e. The van der Waals surface area contributed by atoms with Gasteiger partial charge < -0.3 is 10.1 Å². The zero-order valence-electron chi connectivity index (χ0n) is 12.7. The molecule has 2 rings (SSSR count). The van der Waals surface area contributed by atoms with Crippen LogP contribution in [0.4, 0.5) is 0 Å². The Bertz CT molecular complexity index is 513. The Balaban J connectivity index is 1.88. The summed E-state index contributed by atoms with van der Waals surface area (Å²) < 4.78 is 5.50. The van der Waals surface area contributed by atoms with Gasteiger partial charge in [0.05, 0.1) is 5.56 Å². The van der Waals surface area contributed by atoms with Crippen molar-refractivity contribution < 1.29 is 14.3 Å². The monoisotopic (exact) mass is 289 g/mol. The number of Topliss-reactive ketones (excluding diaryl/α,β-unsaturated/α-hetero) is 1. The fourth-order valence-electron chi connectivity index (χ4n) is 2.81. The van der Waals surface area contributed by atoms with Crippen LogP contribution in [0.2, 0.25) is 0 Å². The van der Waals surface area contributed by atoms with E-state index in [2.05, 4.69) is 12.2 Å². The molecule has 1 aromatic rings. The first kappa shape index (κ1) is 15.5. The molecule has 0 aliphatic heterocycles. The van der Waals surface area contributed by atoms with Crippen molar-refractivity contribution in [3.8, 4) is 5.75 Å². The van der Waals surface area contributed by atoms with Crippen molar-refractivity contribution in [3.05, 3.63) is 29.8 Å². The number of amides is 1. The number of hydrogen-bond donors (Lipinski definition) is 1. The molecule has 4 nitrogen and oxygen atoms in total. The first-order valence-electron chi connectivity index (χ1n) is 7.60. The van der Waals surface area contributed by atoms with Crippen LogP contribution in [0.3, 0.4) is 0 Å². The Hall–Kier alpha value is -1.84. The third-order valence-electron chi connectivity index (χ3n) is 4.08. The Labute approximate surface area is 125 Å². The molecule has 0 saturated heterocycles. The van der Waals surface area contributed by atoms with Gasteiger partial charge in [0.15, 0.2) is 12.4 Å². The van der Waals surface area contributed by atoms with Gasteiger partial charge in [0.1, 0.15) is 5.75 Å². The van der Waals surface area contributed by atoms with Crippen molar-refractivity contribution in [1.29, 1.82) is 0 Å². The van der Waals surface area contributed by atoms with Crippen LogP contribution in [0.5, 0.6) is 5.75 Å². The molecule has 21 heavy (non-hydrogen) atoms. The standard InChI is InChI=1S/C17H23NO3/c1-12-7-3-5-9-15(12)18-17(20)11-21-16-10-6-4-8-14(16)13(2)19/h4,6,8,10,12,15H,3,5,7,9,11H2,1-2H3,(H,18,20)/t12-,15+/m0/s1. The SMILES string of the molecule is CC(=O)c1ccccc1OCC(=O)N[C@@H]1CCCC[C@@H]1C. The number of carbonyl (C=O) groups excluding carboxylic acids is 2. The molecule has 1 amide bonds. The second-order valence-corrected chi connectivity index (χ2v) is 5.78. The van der Waals surface area contributed by atoms with Gasteiger partial charge in [-0.1, -0.05) is 31.9 Å². The maximum Gasteiger partial charge on any atom is 0.258 e. The van der Waals surface area contributed by atoms with Crippen molar-refractivity contribution in [2.24, 2.45) is 5.92 Å². The minimum atomic E-state index is -0.118. The third-order valence-corrected chi connectivity index (χ3v) is 4.08. The lowest BCUT2D eigenvalue weighted by Gasteiger charge is -2.29. The second kappa shape index (κ2) is 7.25. The highest BCUT2D eigenvalue weighted by Gasteiger charge is 2.22. The fraction of sp³-hybridized carbons (Fsp3) is 0.529. The lowest BCUT2D eigenvalue weighted by atomic mass is 9.86. The number of hydrogen-bond acceptors (Lipinski definition) is 3. The van der Waals surface area contributed by atoms with Crippen molar-refractivity contribution >= 4 is 11.7 Å². The van der Waals surface area contributed by atoms with E-state index in [1.54, 1.807) is 24.3 Å². The molecule has 114 valence electrons. The van der Waals surface area contributed by atoms with E-state index in [0.717, 1.165) is 6.42 Å². The zero-order chi connectivity index (χ0) is 15.2. The fourth-order valence-corrected chi connectivity index (χ4v) is 2.81. The number of para-hydroxylation sites is 1. The molecule has 1 fully saturated rings. The van der Waals surface area contributed by atoms with Crippen molar-refractivity contribution in [2.45, 2.75) is 45.6 Å². The summed E-state index contributed by atoms with van der Waals surface area (Å²) in [6.07, 6.45) is 4.62. The Morgan fingerprint density at radius 3 is 2.67 bits per heavy atom. The predicted molar refractivity (Wildman–Crippen MR) is 81.5 cm³/mol. The number of rotatable bonds is 5. The first-order chi connectivity index (χ1) is 10.1. The minimum absolute atomic E-state index is 0.0481. The van der Waals surface area contributed by atoms with E-state index >= 15 is 0 Å². The molecule has 0 bridgehead atoms. The Morgan fingerprint density at radius 1 is 1.24 bits per heavy atom. The summed E-state index contributed by atoms with van der Waals surface area (Å²) in [6.45, 7) is 3.62. The van der Waals surface area contributed by atoms with Crippen molar-refractivity contribution in [3.63, 3.8) is 0 Å². The Kier molecular flexibility index (Phi) is 5.37. The molecule has 0 spiro atoms. The van der Waals surface area contributed by atoms with Gasteiger partial charge in [0.25, 0.3) is 5.91 Å². The summed E-state index contributed by atoms with van der Waals surface area (Å²) in [5.74, 6) is 0.808. The van der Waals surface area contributed by atoms with E-state index in [4.69, 9.17) is 4.74 Å². The molecule has 1 aliphatic rings. The summed E-state index contributed by atoms with van der Waals surface area (Å²) in [7, 11) is 0. The van der Waals surface area contributed by atoms with Gasteiger partial charge >= 0.3 is 0 Å². The summed E-state index contributed by atoms with van der Waals surface area (Å²) >= 11 is 0. The molecular formula is C17H23NO3. The van der Waals surface area contributed by atoms with Gasteiger partial charge in [-0.25, -0.2) is 0 Å². The normalized spacial score (nSPS) is 21.6. The molecule has 1 aliphatic carbocycles. The molecule has 0 unspecified atom stereocenters. The Morgan fingerprint density at radius 2 is 1.95 bits per heavy atom. The molecule has 2 atom stereocenters. The van der Waals surface area contributed by atoms with Crippen molar-refractivity contribution in [2.75, 3.05) is 6.61 Å². The number of ether oxygens (including phenoxy) is 1. The van der Waals surface area contributed by atoms with Gasteiger partial charge in [-0.05, 0) is 37.8 Å². The van der Waals surface area contributed by atoms with Gasteiger partial charge in [-0.15, -0.1) is 0 Å². The number of nitrogens with one attached hydrogen (secondary N) is 1. The van der Waals surface area contributed by atoms with E-state index in [0.29, 0.717) is 17.2 Å². The number of benzene rings is 1. The number of carbonyl (C=O) groups is 2. The largest absolute Gasteiger partial charge is 0.483 e. The molecule has 0 radical (unpaired) electrons. The summed E-state index contributed by atoms with van der Waals surface area (Å²) in [5.41, 5.74) is 0.510. The van der Waals surface area contributed by atoms with Gasteiger partial charge in [0, 0.05) is 6.04 Å². The van der Waals surface area contributed by atoms with Crippen LogP contribution in [-0.4, -0.2) is 24.3 Å². The first-order valence-corrected chi connectivity index (χ1v) is 7.60. The molecule has 1 aromatic carbocycles. The van der Waals surface area contributed by atoms with Crippen LogP contribution >= 0.6 is 0 Å². The molecule has 4 heteroatoms. The highest BCUT2D eigenvalue weighted by molar-refractivity contribution is 5.96. The maximum atomic E-state index is 12.0. The van der Waals surface area contributed by atoms with E-state index in [1.165, 1.54) is 26.2 Å². The summed E-state index contributed by atoms with van der Waals surface area (Å²) in [4.78, 5) is 23.5. The topological polar surface area (TPSA) is 55.4 Å². The van der Waals surface area contributed by atoms with Crippen LogP contribution in [0.25, 0.3) is 0 Å². The molecule has 1 N–H and O–H groups in total. The molecular weight excluding hydrogens is 266 g/mol. The third kappa shape index (κ3) is 4.31. The van der Waals surface area contributed by atoms with Crippen LogP contribution < -0.4 is 10.1 Å². The number of ketones is 1. The lowest BCUT2D eigenvalue weighted by Crippen LogP contribution is -2.43. The average molecular weight is 289 g/mol. The zero-order valence-corrected chi connectivity index (χ0v) is 12.7. The molecule has 1 saturated carbocycles. The van der Waals surface area contributed by atoms with Gasteiger partial charge in [-0.2, -0.15) is 0 Å². The van der Waals surface area contributed by atoms with E-state index < -0.39 is 0 Å². The summed E-state index contributed by atoms with van der Waals surface area (Å²) in [6, 6.07) is 7.25. The maximum absolute atomic E-state index is 12.0. The minimum Gasteiger partial charge on any atom is -0.483 e. The van der Waals surface area contributed by atoms with E-state index in [-0.39, 0.29) is 24.3 Å². The van der Waals surface area contributed by atoms with Crippen LogP contribution in [0.15, 0.2) is 24.3 Å². The predicted octanol–water partition coefficient (Wildman–Crippen LogP) is 2.96. The lowest BCUT2D eigenvalue weighted by molar-refractivity contribution is -0.124. The molecule has 0 heterocycles. The second-order valence-electron chi connectivity index (χ2n) is 5.78. The average Bonchev–Trinajstić information content (AvgIpc) is 2.48. The van der Waals surface area contributed by atoms with Crippen LogP contribution in [0, 0.1) is 5.92 Å². The summed E-state index contributed by atoms with van der Waals surface area (Å²) in [5, 5.41) is 3.04. The quantitative estimate of drug-likeness (QED) is 0.848. The highest BCUT2D eigenvalue weighted by Crippen LogP contribution is 2.23. The van der Waals surface area contributed by atoms with Gasteiger partial charge in [-0.3, -0.25) is 9.59 Å². The van der Waals surface area contributed by atoms with Gasteiger partial charge in [0.2, 0.25) is 0 Å². The van der Waals surface area contributed by atoms with Crippen molar-refractivity contribution in [1.82, 2.24) is 5.32 Å². The van der Waals surface area contributed by atoms with E-state index in [9.17, 15) is 9.59 Å². The highest BCUT2D eigenvalue weighted by atomic mass is 16.5. The van der Waals surface area contributed by atoms with Crippen LogP contribution in [0.1, 0.15) is 49.9 Å². The van der Waals surface area contributed by atoms with E-state index in [1.807, 2.05) is 0 Å².